The van der Waals surface area contributed by atoms with Gasteiger partial charge in [0, 0.05) is 55.4 Å². The minimum atomic E-state index is -0.353. The first kappa shape index (κ1) is 22.5. The zero-order chi connectivity index (χ0) is 22.4. The van der Waals surface area contributed by atoms with Crippen LogP contribution in [0.15, 0.2) is 42.9 Å². The number of hydrogen-bond acceptors (Lipinski definition) is 6. The fourth-order valence-corrected chi connectivity index (χ4v) is 4.27. The van der Waals surface area contributed by atoms with Crippen LogP contribution in [0.25, 0.3) is 0 Å². The van der Waals surface area contributed by atoms with E-state index in [0.717, 1.165) is 0 Å². The monoisotopic (exact) mass is 458 g/mol. The van der Waals surface area contributed by atoms with E-state index in [1.54, 1.807) is 23.2 Å². The Balaban J connectivity index is 1.44. The summed E-state index contributed by atoms with van der Waals surface area (Å²) in [6.07, 6.45) is 6.26. The normalized spacial score (nSPS) is 18.3. The number of rotatable bonds is 6. The second-order valence-electron chi connectivity index (χ2n) is 8.30. The van der Waals surface area contributed by atoms with Gasteiger partial charge < -0.3 is 19.3 Å². The Kier molecular flexibility index (Phi) is 7.22. The van der Waals surface area contributed by atoms with E-state index in [9.17, 15) is 9.59 Å². The number of halogens is 1. The Morgan fingerprint density at radius 1 is 1.03 bits per heavy atom. The predicted octanol–water partition coefficient (Wildman–Crippen LogP) is 2.68. The van der Waals surface area contributed by atoms with Crippen LogP contribution in [0.5, 0.6) is 5.75 Å². The van der Waals surface area contributed by atoms with Crippen molar-refractivity contribution < 1.29 is 19.1 Å². The molecule has 1 aromatic carbocycles. The molecular formula is C23H27ClN4O4. The molecule has 3 heterocycles. The quantitative estimate of drug-likeness (QED) is 0.661. The molecule has 8 nitrogen and oxygen atoms in total. The van der Waals surface area contributed by atoms with Gasteiger partial charge in [-0.3, -0.25) is 14.6 Å². The number of amides is 2. The molecule has 2 aliphatic heterocycles. The van der Waals surface area contributed by atoms with Gasteiger partial charge >= 0.3 is 0 Å². The standard InChI is InChI=1S/C23H27ClN4O4/c24-18-1-3-19(4-2-18)32-17-23(15-21(29)27-11-13-31-14-12-27)5-9-28(10-6-23)22(30)20-16-25-7-8-26-20/h1-4,7-8,16H,5-6,9-15,17H2. The summed E-state index contributed by atoms with van der Waals surface area (Å²) >= 11 is 5.98. The van der Waals surface area contributed by atoms with E-state index in [4.69, 9.17) is 21.1 Å². The zero-order valence-corrected chi connectivity index (χ0v) is 18.7. The molecule has 9 heteroatoms. The average molecular weight is 459 g/mol. The van der Waals surface area contributed by atoms with Gasteiger partial charge in [0.05, 0.1) is 26.0 Å². The largest absolute Gasteiger partial charge is 0.493 e. The highest BCUT2D eigenvalue weighted by molar-refractivity contribution is 6.30. The van der Waals surface area contributed by atoms with Crippen molar-refractivity contribution in [2.45, 2.75) is 19.3 Å². The number of likely N-dealkylation sites (tertiary alicyclic amines) is 1. The molecule has 1 aromatic heterocycles. The molecule has 170 valence electrons. The lowest BCUT2D eigenvalue weighted by Gasteiger charge is -2.42. The van der Waals surface area contributed by atoms with Crippen LogP contribution in [-0.2, 0) is 9.53 Å². The van der Waals surface area contributed by atoms with Crippen molar-refractivity contribution >= 4 is 23.4 Å². The van der Waals surface area contributed by atoms with Crippen LogP contribution in [-0.4, -0.2) is 77.6 Å². The van der Waals surface area contributed by atoms with E-state index >= 15 is 0 Å². The van der Waals surface area contributed by atoms with Crippen molar-refractivity contribution in [1.29, 1.82) is 0 Å². The van der Waals surface area contributed by atoms with E-state index in [-0.39, 0.29) is 17.2 Å². The van der Waals surface area contributed by atoms with E-state index in [1.807, 2.05) is 17.0 Å². The molecule has 0 aliphatic carbocycles. The molecule has 0 bridgehead atoms. The van der Waals surface area contributed by atoms with Gasteiger partial charge in [0.2, 0.25) is 5.91 Å². The van der Waals surface area contributed by atoms with Gasteiger partial charge in [0.25, 0.3) is 5.91 Å². The molecular weight excluding hydrogens is 432 g/mol. The predicted molar refractivity (Wildman–Crippen MR) is 119 cm³/mol. The minimum Gasteiger partial charge on any atom is -0.493 e. The smallest absolute Gasteiger partial charge is 0.274 e. The summed E-state index contributed by atoms with van der Waals surface area (Å²) in [4.78, 5) is 37.6. The highest BCUT2D eigenvalue weighted by Crippen LogP contribution is 2.37. The van der Waals surface area contributed by atoms with Crippen LogP contribution < -0.4 is 4.74 Å². The van der Waals surface area contributed by atoms with E-state index < -0.39 is 0 Å². The molecule has 32 heavy (non-hydrogen) atoms. The van der Waals surface area contributed by atoms with Gasteiger partial charge in [0.1, 0.15) is 11.4 Å². The first-order chi connectivity index (χ1) is 15.5. The van der Waals surface area contributed by atoms with Crippen LogP contribution in [0.2, 0.25) is 5.02 Å². The second-order valence-corrected chi connectivity index (χ2v) is 8.73. The first-order valence-corrected chi connectivity index (χ1v) is 11.2. The molecule has 0 saturated carbocycles. The number of nitrogens with zero attached hydrogens (tertiary/aromatic N) is 4. The number of morpholine rings is 1. The lowest BCUT2D eigenvalue weighted by Crippen LogP contribution is -2.49. The number of carbonyl (C=O) groups is 2. The van der Waals surface area contributed by atoms with Crippen molar-refractivity contribution in [2.24, 2.45) is 5.41 Å². The number of hydrogen-bond donors (Lipinski definition) is 0. The van der Waals surface area contributed by atoms with E-state index in [0.29, 0.717) is 81.7 Å². The average Bonchev–Trinajstić information content (AvgIpc) is 2.85. The Morgan fingerprint density at radius 2 is 1.75 bits per heavy atom. The fraction of sp³-hybridized carbons (Fsp3) is 0.478. The number of ether oxygens (including phenoxy) is 2. The Morgan fingerprint density at radius 3 is 2.41 bits per heavy atom. The van der Waals surface area contributed by atoms with Crippen molar-refractivity contribution in [3.8, 4) is 5.75 Å². The van der Waals surface area contributed by atoms with Gasteiger partial charge in [-0.05, 0) is 37.1 Å². The number of carbonyl (C=O) groups excluding carboxylic acids is 2. The SMILES string of the molecule is O=C(CC1(COc2ccc(Cl)cc2)CCN(C(=O)c2cnccn2)CC1)N1CCOCC1. The van der Waals surface area contributed by atoms with Crippen molar-refractivity contribution in [3.05, 3.63) is 53.6 Å². The van der Waals surface area contributed by atoms with Gasteiger partial charge in [-0.2, -0.15) is 0 Å². The van der Waals surface area contributed by atoms with Gasteiger partial charge in [-0.1, -0.05) is 11.6 Å². The van der Waals surface area contributed by atoms with Gasteiger partial charge in [0.15, 0.2) is 0 Å². The molecule has 2 aliphatic rings. The van der Waals surface area contributed by atoms with Gasteiger partial charge in [-0.25, -0.2) is 4.98 Å². The van der Waals surface area contributed by atoms with Crippen molar-refractivity contribution in [3.63, 3.8) is 0 Å². The summed E-state index contributed by atoms with van der Waals surface area (Å²) in [6.45, 7) is 3.85. The summed E-state index contributed by atoms with van der Waals surface area (Å²) in [5.41, 5.74) is -0.0180. The second kappa shape index (κ2) is 10.3. The van der Waals surface area contributed by atoms with Crippen LogP contribution in [0.3, 0.4) is 0 Å². The van der Waals surface area contributed by atoms with Crippen molar-refractivity contribution in [2.75, 3.05) is 46.0 Å². The highest BCUT2D eigenvalue weighted by Gasteiger charge is 2.40. The maximum atomic E-state index is 13.1. The van der Waals surface area contributed by atoms with Crippen LogP contribution in [0.4, 0.5) is 0 Å². The molecule has 0 unspecified atom stereocenters. The van der Waals surface area contributed by atoms with Crippen LogP contribution in [0.1, 0.15) is 29.8 Å². The number of aromatic nitrogens is 2. The van der Waals surface area contributed by atoms with Crippen LogP contribution >= 0.6 is 11.6 Å². The van der Waals surface area contributed by atoms with Crippen molar-refractivity contribution in [1.82, 2.24) is 19.8 Å². The van der Waals surface area contributed by atoms with E-state index in [2.05, 4.69) is 9.97 Å². The lowest BCUT2D eigenvalue weighted by molar-refractivity contribution is -0.139. The Labute approximate surface area is 192 Å². The summed E-state index contributed by atoms with van der Waals surface area (Å²) < 4.78 is 11.5. The molecule has 2 amide bonds. The minimum absolute atomic E-state index is 0.113. The summed E-state index contributed by atoms with van der Waals surface area (Å²) in [6, 6.07) is 7.22. The molecule has 2 fully saturated rings. The number of benzene rings is 1. The molecule has 4 rings (SSSR count). The summed E-state index contributed by atoms with van der Waals surface area (Å²) in [7, 11) is 0. The highest BCUT2D eigenvalue weighted by atomic mass is 35.5. The fourth-order valence-electron chi connectivity index (χ4n) is 4.14. The molecule has 0 spiro atoms. The number of piperidine rings is 1. The van der Waals surface area contributed by atoms with Gasteiger partial charge in [-0.15, -0.1) is 0 Å². The molecule has 0 atom stereocenters. The zero-order valence-electron chi connectivity index (χ0n) is 17.9. The molecule has 2 saturated heterocycles. The maximum Gasteiger partial charge on any atom is 0.274 e. The summed E-state index contributed by atoms with van der Waals surface area (Å²) in [5.74, 6) is 0.692. The third kappa shape index (κ3) is 5.55. The topological polar surface area (TPSA) is 84.9 Å². The Hall–Kier alpha value is -2.71. The lowest BCUT2D eigenvalue weighted by atomic mass is 9.75. The molecule has 0 N–H and O–H groups in total. The summed E-state index contributed by atoms with van der Waals surface area (Å²) in [5, 5.41) is 0.644. The maximum absolute atomic E-state index is 13.1. The van der Waals surface area contributed by atoms with E-state index in [1.165, 1.54) is 12.4 Å². The third-order valence-corrected chi connectivity index (χ3v) is 6.39. The van der Waals surface area contributed by atoms with Crippen LogP contribution in [0, 0.1) is 5.41 Å². The molecule has 2 aromatic rings. The Bertz CT molecular complexity index is 911. The third-order valence-electron chi connectivity index (χ3n) is 6.14. The first-order valence-electron chi connectivity index (χ1n) is 10.8. The molecule has 0 radical (unpaired) electrons.